The van der Waals surface area contributed by atoms with E-state index in [1.165, 1.54) is 19.4 Å². The molecule has 0 aromatic rings. The Bertz CT molecular complexity index is 129. The first kappa shape index (κ1) is 8.79. The van der Waals surface area contributed by atoms with Crippen LogP contribution in [-0.4, -0.2) is 13.1 Å². The van der Waals surface area contributed by atoms with Crippen LogP contribution in [0.15, 0.2) is 12.2 Å². The van der Waals surface area contributed by atoms with Crippen LogP contribution in [0.1, 0.15) is 26.7 Å². The predicted molar refractivity (Wildman–Crippen MR) is 49.6 cm³/mol. The molecular formula is C10H19N. The molecule has 11 heavy (non-hydrogen) atoms. The van der Waals surface area contributed by atoms with Gasteiger partial charge in [0.1, 0.15) is 0 Å². The summed E-state index contributed by atoms with van der Waals surface area (Å²) in [4.78, 5) is 0. The highest BCUT2D eigenvalue weighted by molar-refractivity contribution is 4.98. The Labute approximate surface area is 69.9 Å². The molecule has 0 aliphatic heterocycles. The Hall–Kier alpha value is -0.300. The maximum atomic E-state index is 3.39. The molecule has 1 aliphatic carbocycles. The normalized spacial score (nSPS) is 25.8. The summed E-state index contributed by atoms with van der Waals surface area (Å²) in [5.74, 6) is 1.66. The zero-order valence-corrected chi connectivity index (χ0v) is 7.64. The molecule has 0 saturated heterocycles. The standard InChI is InChI=1S/C10H19N/c1-3-11-8-9(2)10-6-4-5-7-10/h4,6,9-11H,3,5,7-8H2,1-2H3. The smallest absolute Gasteiger partial charge is 0.00176 e. The van der Waals surface area contributed by atoms with Crippen LogP contribution >= 0.6 is 0 Å². The van der Waals surface area contributed by atoms with Gasteiger partial charge in [-0.05, 0) is 37.8 Å². The summed E-state index contributed by atoms with van der Waals surface area (Å²) in [6.45, 7) is 6.77. The first-order chi connectivity index (χ1) is 5.34. The average molecular weight is 153 g/mol. The minimum absolute atomic E-state index is 0.814. The lowest BCUT2D eigenvalue weighted by molar-refractivity contribution is 0.401. The molecule has 1 nitrogen and oxygen atoms in total. The van der Waals surface area contributed by atoms with Gasteiger partial charge in [0.05, 0.1) is 0 Å². The molecule has 0 amide bonds. The fourth-order valence-electron chi connectivity index (χ4n) is 1.65. The van der Waals surface area contributed by atoms with Crippen LogP contribution < -0.4 is 5.32 Å². The van der Waals surface area contributed by atoms with E-state index in [4.69, 9.17) is 0 Å². The van der Waals surface area contributed by atoms with E-state index in [0.29, 0.717) is 0 Å². The quantitative estimate of drug-likeness (QED) is 0.610. The van der Waals surface area contributed by atoms with E-state index >= 15 is 0 Å². The van der Waals surface area contributed by atoms with Crippen LogP contribution in [-0.2, 0) is 0 Å². The summed E-state index contributed by atoms with van der Waals surface area (Å²) >= 11 is 0. The molecule has 64 valence electrons. The number of nitrogens with one attached hydrogen (secondary N) is 1. The fraction of sp³-hybridized carbons (Fsp3) is 0.800. The van der Waals surface area contributed by atoms with Gasteiger partial charge in [-0.3, -0.25) is 0 Å². The zero-order valence-electron chi connectivity index (χ0n) is 7.64. The second kappa shape index (κ2) is 4.55. The van der Waals surface area contributed by atoms with Crippen molar-refractivity contribution < 1.29 is 0 Å². The van der Waals surface area contributed by atoms with Crippen LogP contribution in [0.5, 0.6) is 0 Å². The van der Waals surface area contributed by atoms with E-state index in [2.05, 4.69) is 31.3 Å². The maximum Gasteiger partial charge on any atom is -0.00176 e. The Kier molecular flexibility index (Phi) is 3.64. The minimum atomic E-state index is 0.814. The van der Waals surface area contributed by atoms with Gasteiger partial charge in [0, 0.05) is 0 Å². The van der Waals surface area contributed by atoms with Crippen molar-refractivity contribution in [2.75, 3.05) is 13.1 Å². The van der Waals surface area contributed by atoms with Gasteiger partial charge in [0.25, 0.3) is 0 Å². The average Bonchev–Trinajstić information content (AvgIpc) is 2.52. The van der Waals surface area contributed by atoms with Gasteiger partial charge in [-0.2, -0.15) is 0 Å². The molecule has 0 saturated carbocycles. The number of hydrogen-bond donors (Lipinski definition) is 1. The lowest BCUT2D eigenvalue weighted by Crippen LogP contribution is -2.24. The molecule has 2 atom stereocenters. The van der Waals surface area contributed by atoms with Crippen LogP contribution in [0.2, 0.25) is 0 Å². The van der Waals surface area contributed by atoms with Crippen LogP contribution in [0.4, 0.5) is 0 Å². The molecule has 1 N–H and O–H groups in total. The SMILES string of the molecule is CCNCC(C)C1C=CCC1. The van der Waals surface area contributed by atoms with E-state index in [-0.39, 0.29) is 0 Å². The van der Waals surface area contributed by atoms with Gasteiger partial charge in [0.2, 0.25) is 0 Å². The maximum absolute atomic E-state index is 3.39. The Balaban J connectivity index is 2.17. The second-order valence-corrected chi connectivity index (χ2v) is 3.45. The van der Waals surface area contributed by atoms with E-state index in [1.54, 1.807) is 0 Å². The van der Waals surface area contributed by atoms with Crippen molar-refractivity contribution >= 4 is 0 Å². The largest absolute Gasteiger partial charge is 0.317 e. The molecule has 1 heteroatoms. The lowest BCUT2D eigenvalue weighted by Gasteiger charge is -2.17. The lowest BCUT2D eigenvalue weighted by atomic mass is 9.94. The Morgan fingerprint density at radius 2 is 2.45 bits per heavy atom. The van der Waals surface area contributed by atoms with Crippen molar-refractivity contribution in [1.29, 1.82) is 0 Å². The number of allylic oxidation sites excluding steroid dienone is 2. The van der Waals surface area contributed by atoms with Gasteiger partial charge >= 0.3 is 0 Å². The van der Waals surface area contributed by atoms with E-state index < -0.39 is 0 Å². The highest BCUT2D eigenvalue weighted by Gasteiger charge is 2.15. The van der Waals surface area contributed by atoms with Crippen molar-refractivity contribution in [3.63, 3.8) is 0 Å². The van der Waals surface area contributed by atoms with Gasteiger partial charge < -0.3 is 5.32 Å². The van der Waals surface area contributed by atoms with Crippen LogP contribution in [0.3, 0.4) is 0 Å². The Morgan fingerprint density at radius 3 is 3.00 bits per heavy atom. The van der Waals surface area contributed by atoms with Crippen molar-refractivity contribution in [3.05, 3.63) is 12.2 Å². The fourth-order valence-corrected chi connectivity index (χ4v) is 1.65. The van der Waals surface area contributed by atoms with Crippen LogP contribution in [0.25, 0.3) is 0 Å². The molecule has 0 radical (unpaired) electrons. The molecule has 0 heterocycles. The number of hydrogen-bond acceptors (Lipinski definition) is 1. The monoisotopic (exact) mass is 153 g/mol. The van der Waals surface area contributed by atoms with Crippen molar-refractivity contribution in [1.82, 2.24) is 5.32 Å². The van der Waals surface area contributed by atoms with Crippen LogP contribution in [0, 0.1) is 11.8 Å². The third kappa shape index (κ3) is 2.66. The second-order valence-electron chi connectivity index (χ2n) is 3.45. The topological polar surface area (TPSA) is 12.0 Å². The van der Waals surface area contributed by atoms with E-state index in [0.717, 1.165) is 18.4 Å². The third-order valence-electron chi connectivity index (χ3n) is 2.50. The third-order valence-corrected chi connectivity index (χ3v) is 2.50. The molecule has 1 rings (SSSR count). The molecule has 0 spiro atoms. The zero-order chi connectivity index (χ0) is 8.10. The summed E-state index contributed by atoms with van der Waals surface area (Å²) < 4.78 is 0. The van der Waals surface area contributed by atoms with Gasteiger partial charge in [-0.15, -0.1) is 0 Å². The van der Waals surface area contributed by atoms with Gasteiger partial charge in [-0.25, -0.2) is 0 Å². The summed E-state index contributed by atoms with van der Waals surface area (Å²) in [7, 11) is 0. The molecule has 0 bridgehead atoms. The predicted octanol–water partition coefficient (Wildman–Crippen LogP) is 2.20. The first-order valence-corrected chi connectivity index (χ1v) is 4.72. The number of rotatable bonds is 4. The molecule has 0 aromatic heterocycles. The molecule has 0 fully saturated rings. The van der Waals surface area contributed by atoms with Gasteiger partial charge in [0.15, 0.2) is 0 Å². The molecular weight excluding hydrogens is 134 g/mol. The van der Waals surface area contributed by atoms with Crippen molar-refractivity contribution in [2.24, 2.45) is 11.8 Å². The summed E-state index contributed by atoms with van der Waals surface area (Å²) in [5.41, 5.74) is 0. The van der Waals surface area contributed by atoms with Gasteiger partial charge in [-0.1, -0.05) is 26.0 Å². The van der Waals surface area contributed by atoms with E-state index in [1.807, 2.05) is 0 Å². The first-order valence-electron chi connectivity index (χ1n) is 4.72. The summed E-state index contributed by atoms with van der Waals surface area (Å²) in [6, 6.07) is 0. The summed E-state index contributed by atoms with van der Waals surface area (Å²) in [5, 5.41) is 3.39. The van der Waals surface area contributed by atoms with Crippen molar-refractivity contribution in [3.8, 4) is 0 Å². The summed E-state index contributed by atoms with van der Waals surface area (Å²) in [6.07, 6.45) is 7.35. The van der Waals surface area contributed by atoms with Crippen molar-refractivity contribution in [2.45, 2.75) is 26.7 Å². The highest BCUT2D eigenvalue weighted by atomic mass is 14.8. The molecule has 0 aromatic carbocycles. The highest BCUT2D eigenvalue weighted by Crippen LogP contribution is 2.24. The minimum Gasteiger partial charge on any atom is -0.317 e. The van der Waals surface area contributed by atoms with E-state index in [9.17, 15) is 0 Å². The molecule has 1 aliphatic rings. The molecule has 2 unspecified atom stereocenters. The Morgan fingerprint density at radius 1 is 1.64 bits per heavy atom.